The number of carbonyl (C=O) groups excluding carboxylic acids is 1. The zero-order valence-corrected chi connectivity index (χ0v) is 13.7. The second kappa shape index (κ2) is 6.59. The van der Waals surface area contributed by atoms with Gasteiger partial charge >= 0.3 is 0 Å². The number of nitrogens with one attached hydrogen (secondary N) is 1. The van der Waals surface area contributed by atoms with E-state index in [0.717, 1.165) is 23.2 Å². The Hall–Kier alpha value is -1.07. The number of hydrogen-bond acceptors (Lipinski definition) is 3. The largest absolute Gasteiger partial charge is 0.488 e. The van der Waals surface area contributed by atoms with E-state index in [0.29, 0.717) is 6.54 Å². The topological polar surface area (TPSA) is 41.6 Å². The maximum absolute atomic E-state index is 12.0. The minimum atomic E-state index is -0.181. The van der Waals surface area contributed by atoms with Crippen molar-refractivity contribution in [2.75, 3.05) is 20.1 Å². The van der Waals surface area contributed by atoms with E-state index in [1.54, 1.807) is 4.90 Å². The fourth-order valence-corrected chi connectivity index (χ4v) is 2.69. The first-order valence-electron chi connectivity index (χ1n) is 6.94. The molecule has 0 radical (unpaired) electrons. The Morgan fingerprint density at radius 1 is 1.60 bits per heavy atom. The Kier molecular flexibility index (Phi) is 5.05. The summed E-state index contributed by atoms with van der Waals surface area (Å²) in [6, 6.07) is 5.88. The highest BCUT2D eigenvalue weighted by Crippen LogP contribution is 2.30. The molecule has 0 saturated carbocycles. The summed E-state index contributed by atoms with van der Waals surface area (Å²) in [5.41, 5.74) is 1.22. The Balaban J connectivity index is 1.84. The average Bonchev–Trinajstić information content (AvgIpc) is 2.84. The SMILES string of the molecule is CCN(C)C(=O)C(C)NCC1Cc2cc(Br)ccc2O1. The Morgan fingerprint density at radius 3 is 3.05 bits per heavy atom. The molecule has 1 N–H and O–H groups in total. The van der Waals surface area contributed by atoms with Gasteiger partial charge in [0.1, 0.15) is 11.9 Å². The number of carbonyl (C=O) groups is 1. The molecule has 0 bridgehead atoms. The average molecular weight is 341 g/mol. The molecule has 5 heteroatoms. The molecular weight excluding hydrogens is 320 g/mol. The highest BCUT2D eigenvalue weighted by Gasteiger charge is 2.24. The first-order valence-corrected chi connectivity index (χ1v) is 7.74. The van der Waals surface area contributed by atoms with E-state index < -0.39 is 0 Å². The highest BCUT2D eigenvalue weighted by atomic mass is 79.9. The second-order valence-electron chi connectivity index (χ2n) is 5.18. The summed E-state index contributed by atoms with van der Waals surface area (Å²) >= 11 is 3.47. The van der Waals surface area contributed by atoms with E-state index in [-0.39, 0.29) is 18.1 Å². The number of amides is 1. The van der Waals surface area contributed by atoms with E-state index in [4.69, 9.17) is 4.74 Å². The molecule has 1 aliphatic rings. The van der Waals surface area contributed by atoms with Crippen LogP contribution >= 0.6 is 15.9 Å². The summed E-state index contributed by atoms with van der Waals surface area (Å²) in [4.78, 5) is 13.7. The van der Waals surface area contributed by atoms with Crippen molar-refractivity contribution in [3.05, 3.63) is 28.2 Å². The lowest BCUT2D eigenvalue weighted by Crippen LogP contribution is -2.46. The first kappa shape index (κ1) is 15.3. The molecule has 2 unspecified atom stereocenters. The van der Waals surface area contributed by atoms with Crippen LogP contribution in [0.1, 0.15) is 19.4 Å². The fourth-order valence-electron chi connectivity index (χ4n) is 2.28. The van der Waals surface area contributed by atoms with E-state index in [9.17, 15) is 4.79 Å². The van der Waals surface area contributed by atoms with Gasteiger partial charge in [0.2, 0.25) is 5.91 Å². The summed E-state index contributed by atoms with van der Waals surface area (Å²) in [6.07, 6.45) is 0.980. The lowest BCUT2D eigenvalue weighted by molar-refractivity contribution is -0.131. The first-order chi connectivity index (χ1) is 9.51. The minimum Gasteiger partial charge on any atom is -0.488 e. The van der Waals surface area contributed by atoms with Crippen LogP contribution in [0.5, 0.6) is 5.75 Å². The Morgan fingerprint density at radius 2 is 2.35 bits per heavy atom. The molecule has 4 nitrogen and oxygen atoms in total. The molecule has 2 atom stereocenters. The van der Waals surface area contributed by atoms with Gasteiger partial charge in [-0.05, 0) is 37.6 Å². The number of benzene rings is 1. The number of rotatable bonds is 5. The van der Waals surface area contributed by atoms with Crippen LogP contribution in [0.25, 0.3) is 0 Å². The molecule has 1 amide bonds. The van der Waals surface area contributed by atoms with Crippen LogP contribution in [0.3, 0.4) is 0 Å². The molecule has 1 aromatic rings. The number of halogens is 1. The lowest BCUT2D eigenvalue weighted by Gasteiger charge is -2.22. The van der Waals surface area contributed by atoms with Crippen molar-refractivity contribution in [2.24, 2.45) is 0 Å². The van der Waals surface area contributed by atoms with E-state index in [1.807, 2.05) is 33.0 Å². The van der Waals surface area contributed by atoms with Crippen LogP contribution < -0.4 is 10.1 Å². The quantitative estimate of drug-likeness (QED) is 0.893. The molecule has 2 rings (SSSR count). The van der Waals surface area contributed by atoms with Gasteiger partial charge in [-0.2, -0.15) is 0 Å². The maximum Gasteiger partial charge on any atom is 0.239 e. The predicted octanol–water partition coefficient (Wildman–Crippen LogP) is 2.21. The standard InChI is InChI=1S/C15H21BrN2O2/c1-4-18(3)15(19)10(2)17-9-13-8-11-7-12(16)5-6-14(11)20-13/h5-7,10,13,17H,4,8-9H2,1-3H3. The van der Waals surface area contributed by atoms with Crippen molar-refractivity contribution >= 4 is 21.8 Å². The highest BCUT2D eigenvalue weighted by molar-refractivity contribution is 9.10. The molecule has 0 saturated heterocycles. The molecule has 1 aliphatic heterocycles. The van der Waals surface area contributed by atoms with Gasteiger partial charge in [0.25, 0.3) is 0 Å². The van der Waals surface area contributed by atoms with Crippen LogP contribution in [0.15, 0.2) is 22.7 Å². The van der Waals surface area contributed by atoms with Gasteiger partial charge in [-0.25, -0.2) is 0 Å². The summed E-state index contributed by atoms with van der Waals surface area (Å²) in [7, 11) is 1.82. The van der Waals surface area contributed by atoms with Crippen LogP contribution in [0, 0.1) is 0 Å². The zero-order valence-electron chi connectivity index (χ0n) is 12.1. The summed E-state index contributed by atoms with van der Waals surface area (Å²) in [5, 5.41) is 3.26. The smallest absolute Gasteiger partial charge is 0.239 e. The predicted molar refractivity (Wildman–Crippen MR) is 83.0 cm³/mol. The van der Waals surface area contributed by atoms with E-state index in [2.05, 4.69) is 27.3 Å². The Bertz CT molecular complexity index is 493. The van der Waals surface area contributed by atoms with Crippen molar-refractivity contribution in [2.45, 2.75) is 32.4 Å². The van der Waals surface area contributed by atoms with Gasteiger partial charge in [-0.15, -0.1) is 0 Å². The van der Waals surface area contributed by atoms with Crippen molar-refractivity contribution in [3.8, 4) is 5.75 Å². The molecule has 20 heavy (non-hydrogen) atoms. The van der Waals surface area contributed by atoms with Crippen molar-refractivity contribution < 1.29 is 9.53 Å². The van der Waals surface area contributed by atoms with E-state index >= 15 is 0 Å². The number of likely N-dealkylation sites (N-methyl/N-ethyl adjacent to an activating group) is 1. The van der Waals surface area contributed by atoms with Gasteiger partial charge in [-0.3, -0.25) is 4.79 Å². The minimum absolute atomic E-state index is 0.0986. The maximum atomic E-state index is 12.0. The molecule has 110 valence electrons. The van der Waals surface area contributed by atoms with Crippen molar-refractivity contribution in [1.29, 1.82) is 0 Å². The molecule has 0 spiro atoms. The van der Waals surface area contributed by atoms with Crippen LogP contribution in [-0.2, 0) is 11.2 Å². The van der Waals surface area contributed by atoms with E-state index in [1.165, 1.54) is 5.56 Å². The van der Waals surface area contributed by atoms with Crippen molar-refractivity contribution in [3.63, 3.8) is 0 Å². The second-order valence-corrected chi connectivity index (χ2v) is 6.09. The lowest BCUT2D eigenvalue weighted by atomic mass is 10.1. The molecule has 1 aromatic carbocycles. The monoisotopic (exact) mass is 340 g/mol. The third kappa shape index (κ3) is 3.52. The molecule has 0 aromatic heterocycles. The van der Waals surface area contributed by atoms with Gasteiger partial charge in [0, 0.05) is 31.0 Å². The number of hydrogen-bond donors (Lipinski definition) is 1. The van der Waals surface area contributed by atoms with Gasteiger partial charge in [0.15, 0.2) is 0 Å². The molecular formula is C15H21BrN2O2. The zero-order chi connectivity index (χ0) is 14.7. The summed E-state index contributed by atoms with van der Waals surface area (Å²) in [5.74, 6) is 1.07. The van der Waals surface area contributed by atoms with Gasteiger partial charge < -0.3 is 15.0 Å². The molecule has 0 aliphatic carbocycles. The van der Waals surface area contributed by atoms with Crippen molar-refractivity contribution in [1.82, 2.24) is 10.2 Å². The van der Waals surface area contributed by atoms with Crippen LogP contribution in [-0.4, -0.2) is 43.1 Å². The fraction of sp³-hybridized carbons (Fsp3) is 0.533. The Labute approximate surface area is 128 Å². The van der Waals surface area contributed by atoms with Gasteiger partial charge in [-0.1, -0.05) is 15.9 Å². The molecule has 1 heterocycles. The number of fused-ring (bicyclic) bond motifs is 1. The summed E-state index contributed by atoms with van der Waals surface area (Å²) in [6.45, 7) is 5.27. The third-order valence-electron chi connectivity index (χ3n) is 3.64. The molecule has 0 fully saturated rings. The third-order valence-corrected chi connectivity index (χ3v) is 4.13. The van der Waals surface area contributed by atoms with Crippen LogP contribution in [0.2, 0.25) is 0 Å². The van der Waals surface area contributed by atoms with Crippen LogP contribution in [0.4, 0.5) is 0 Å². The normalized spacial score (nSPS) is 18.3. The van der Waals surface area contributed by atoms with Gasteiger partial charge in [0.05, 0.1) is 6.04 Å². The number of nitrogens with zero attached hydrogens (tertiary/aromatic N) is 1. The summed E-state index contributed by atoms with van der Waals surface area (Å²) < 4.78 is 6.94. The number of ether oxygens (including phenoxy) is 1.